The second-order valence-corrected chi connectivity index (χ2v) is 10.7. The van der Waals surface area contributed by atoms with E-state index in [4.69, 9.17) is 39.8 Å². The summed E-state index contributed by atoms with van der Waals surface area (Å²) in [5, 5.41) is 0. The molecule has 1 saturated heterocycles. The van der Waals surface area contributed by atoms with E-state index in [1.807, 2.05) is 36.4 Å². The number of aliphatic imine (C=N–C) groups is 2. The van der Waals surface area contributed by atoms with Gasteiger partial charge in [0.1, 0.15) is 13.2 Å². The van der Waals surface area contributed by atoms with Crippen LogP contribution in [0, 0.1) is 0 Å². The number of benzene rings is 2. The molecule has 0 atom stereocenters. The first-order chi connectivity index (χ1) is 14.6. The summed E-state index contributed by atoms with van der Waals surface area (Å²) in [4.78, 5) is 9.59. The van der Waals surface area contributed by atoms with Crippen molar-refractivity contribution in [2.75, 3.05) is 13.2 Å². The van der Waals surface area contributed by atoms with Crippen LogP contribution in [0.4, 0.5) is 11.4 Å². The van der Waals surface area contributed by atoms with Crippen LogP contribution in [0.1, 0.15) is 52.7 Å². The molecular weight excluding hydrogens is 478 g/mol. The molecule has 172 valence electrons. The van der Waals surface area contributed by atoms with Crippen LogP contribution in [0.3, 0.4) is 0 Å². The van der Waals surface area contributed by atoms with Crippen LogP contribution in [-0.4, -0.2) is 25.0 Å². The Morgan fingerprint density at radius 3 is 1.32 bits per heavy atom. The van der Waals surface area contributed by atoms with Gasteiger partial charge in [0.05, 0.1) is 11.4 Å². The van der Waals surface area contributed by atoms with Gasteiger partial charge in [0, 0.05) is 0 Å². The molecule has 0 aromatic heterocycles. The summed E-state index contributed by atoms with van der Waals surface area (Å²) < 4.78 is 11.7. The van der Waals surface area contributed by atoms with Crippen molar-refractivity contribution in [3.05, 3.63) is 59.7 Å². The maximum absolute atomic E-state index is 5.85. The van der Waals surface area contributed by atoms with Gasteiger partial charge < -0.3 is 9.47 Å². The van der Waals surface area contributed by atoms with Crippen molar-refractivity contribution in [1.82, 2.24) is 0 Å². The van der Waals surface area contributed by atoms with Gasteiger partial charge in [-0.3, -0.25) is 0 Å². The molecule has 2 aromatic rings. The molecule has 3 rings (SSSR count). The summed E-state index contributed by atoms with van der Waals surface area (Å²) >= 11 is 0.569. The molecule has 0 aliphatic carbocycles. The molecule has 4 nitrogen and oxygen atoms in total. The van der Waals surface area contributed by atoms with Crippen molar-refractivity contribution in [2.24, 2.45) is 9.98 Å². The molecule has 0 bridgehead atoms. The van der Waals surface area contributed by atoms with E-state index < -0.39 is 0 Å². The summed E-state index contributed by atoms with van der Waals surface area (Å²) in [5.41, 5.74) is 4.04. The predicted octanol–water partition coefficient (Wildman–Crippen LogP) is 7.47. The first kappa shape index (κ1) is 25.7. The molecule has 0 unspecified atom stereocenters. The molecule has 31 heavy (non-hydrogen) atoms. The second kappa shape index (κ2) is 11.4. The van der Waals surface area contributed by atoms with Gasteiger partial charge in [-0.1, -0.05) is 77.9 Å². The zero-order chi connectivity index (χ0) is 23.1. The van der Waals surface area contributed by atoms with Gasteiger partial charge in [0.15, 0.2) is 0 Å². The third-order valence-corrected chi connectivity index (χ3v) is 4.61. The molecule has 1 aliphatic rings. The molecule has 1 heterocycles. The second-order valence-electron chi connectivity index (χ2n) is 9.11. The minimum absolute atomic E-state index is 0.0215. The average molecular weight is 508 g/mol. The Morgan fingerprint density at radius 1 is 0.677 bits per heavy atom. The van der Waals surface area contributed by atoms with Crippen LogP contribution in [0.15, 0.2) is 58.5 Å². The molecular formula is C24H30Cl2N2NiO2. The topological polar surface area (TPSA) is 43.2 Å². The Labute approximate surface area is 200 Å². The van der Waals surface area contributed by atoms with E-state index in [2.05, 4.69) is 53.7 Å². The third kappa shape index (κ3) is 7.52. The van der Waals surface area contributed by atoms with E-state index in [0.717, 1.165) is 22.5 Å². The van der Waals surface area contributed by atoms with Crippen LogP contribution in [0.25, 0.3) is 0 Å². The predicted molar refractivity (Wildman–Crippen MR) is 128 cm³/mol. The molecule has 7 heteroatoms. The number of nitrogens with zero attached hydrogens (tertiary/aromatic N) is 2. The number of hydrogen-bond acceptors (Lipinski definition) is 4. The molecule has 0 spiro atoms. The third-order valence-electron chi connectivity index (χ3n) is 4.61. The normalized spacial score (nSPS) is 17.0. The summed E-state index contributed by atoms with van der Waals surface area (Å²) in [6, 6.07) is 16.3. The van der Waals surface area contributed by atoms with E-state index in [1.54, 1.807) is 0 Å². The van der Waals surface area contributed by atoms with Gasteiger partial charge in [0.2, 0.25) is 0 Å². The van der Waals surface area contributed by atoms with Gasteiger partial charge in [-0.05, 0) is 34.1 Å². The zero-order valence-corrected chi connectivity index (χ0v) is 21.3. The molecule has 1 aliphatic heterocycles. The van der Waals surface area contributed by atoms with Crippen LogP contribution < -0.4 is 0 Å². The number of halogens is 2. The van der Waals surface area contributed by atoms with Crippen molar-refractivity contribution in [3.8, 4) is 0 Å². The van der Waals surface area contributed by atoms with Crippen molar-refractivity contribution >= 4 is 43.6 Å². The maximum atomic E-state index is 5.85. The van der Waals surface area contributed by atoms with Gasteiger partial charge in [-0.15, -0.1) is 0 Å². The fourth-order valence-electron chi connectivity index (χ4n) is 3.19. The summed E-state index contributed by atoms with van der Waals surface area (Å²) in [6.07, 6.45) is 0. The van der Waals surface area contributed by atoms with Crippen molar-refractivity contribution in [1.29, 1.82) is 0 Å². The molecule has 0 amide bonds. The summed E-state index contributed by atoms with van der Waals surface area (Å²) in [6.45, 7) is 14.0. The molecule has 2 aromatic carbocycles. The fraction of sp³-hybridized carbons (Fsp3) is 0.417. The molecule has 1 fully saturated rings. The quantitative estimate of drug-likeness (QED) is 0.396. The monoisotopic (exact) mass is 506 g/mol. The number of rotatable bonds is 2. The average Bonchev–Trinajstić information content (AvgIpc) is 2.69. The Balaban J connectivity index is 0.00000107. The molecule has 0 saturated carbocycles. The van der Waals surface area contributed by atoms with Gasteiger partial charge >= 0.3 is 33.0 Å². The summed E-state index contributed by atoms with van der Waals surface area (Å²) in [5.74, 6) is 0.873. The van der Waals surface area contributed by atoms with Gasteiger partial charge in [-0.2, -0.15) is 0 Å². The molecule has 0 N–H and O–H groups in total. The van der Waals surface area contributed by atoms with E-state index in [0.29, 0.717) is 37.7 Å². The standard InChI is InChI=1S/C24H30N2O2.2ClH.Ni/c1-23(2,3)17-11-7-9-13-19(17)25-21-22(28-16-15-27-21)26-20-14-10-8-12-18(20)24(4,5)6;;;/h7-14H,15-16H2,1-6H3;2*1H;/q;;;+2/p-2. The van der Waals surface area contributed by atoms with Crippen molar-refractivity contribution in [3.63, 3.8) is 0 Å². The van der Waals surface area contributed by atoms with Gasteiger partial charge in [0.25, 0.3) is 11.8 Å². The summed E-state index contributed by atoms with van der Waals surface area (Å²) in [7, 11) is 9.40. The Hall–Kier alpha value is -1.55. The van der Waals surface area contributed by atoms with E-state index in [1.165, 1.54) is 0 Å². The minimum atomic E-state index is -0.0215. The van der Waals surface area contributed by atoms with Crippen LogP contribution in [0.2, 0.25) is 0 Å². The Morgan fingerprint density at radius 2 is 1.00 bits per heavy atom. The van der Waals surface area contributed by atoms with Gasteiger partial charge in [-0.25, -0.2) is 9.98 Å². The number of hydrogen-bond donors (Lipinski definition) is 0. The van der Waals surface area contributed by atoms with Crippen LogP contribution in [0.5, 0.6) is 0 Å². The van der Waals surface area contributed by atoms with Crippen molar-refractivity contribution in [2.45, 2.75) is 52.4 Å². The van der Waals surface area contributed by atoms with E-state index in [-0.39, 0.29) is 10.8 Å². The molecule has 0 radical (unpaired) electrons. The van der Waals surface area contributed by atoms with E-state index in [9.17, 15) is 0 Å². The first-order valence-corrected chi connectivity index (χ1v) is 12.7. The van der Waals surface area contributed by atoms with E-state index >= 15 is 0 Å². The first-order valence-electron chi connectivity index (χ1n) is 10.0. The number of ether oxygens (including phenoxy) is 2. The van der Waals surface area contributed by atoms with Crippen LogP contribution in [-0.2, 0) is 33.0 Å². The Kier molecular flexibility index (Phi) is 9.42. The SMILES string of the molecule is CC(C)(C)c1ccccc1N=C1OCCOC1=Nc1ccccc1C(C)(C)C.[Cl][Ni][Cl]. The fourth-order valence-corrected chi connectivity index (χ4v) is 3.19. The number of para-hydroxylation sites is 2. The zero-order valence-electron chi connectivity index (χ0n) is 18.8. The Bertz CT molecular complexity index is 856. The van der Waals surface area contributed by atoms with Crippen molar-refractivity contribution < 1.29 is 22.1 Å². The van der Waals surface area contributed by atoms with Crippen LogP contribution >= 0.6 is 20.4 Å².